The molecule has 0 aliphatic carbocycles. The molecule has 0 unspecified atom stereocenters. The van der Waals surface area contributed by atoms with Gasteiger partial charge in [-0.15, -0.1) is 0 Å². The molecule has 0 radical (unpaired) electrons. The molecule has 0 saturated carbocycles. The lowest BCUT2D eigenvalue weighted by Crippen LogP contribution is -2.52. The number of nitrogens with one attached hydrogen (secondary N) is 5. The fraction of sp³-hybridized carbons (Fsp3) is 0.340. The second-order valence-corrected chi connectivity index (χ2v) is 17.9. The van der Waals surface area contributed by atoms with E-state index in [-0.39, 0.29) is 66.6 Å². The van der Waals surface area contributed by atoms with Crippen molar-refractivity contribution in [2.24, 2.45) is 5.41 Å². The molecular weight excluding hydrogens is 878 g/mol. The van der Waals surface area contributed by atoms with Crippen molar-refractivity contribution in [2.45, 2.75) is 46.1 Å². The zero-order valence-electron chi connectivity index (χ0n) is 39.0. The maximum Gasteiger partial charge on any atom is 0.272 e. The molecule has 2 aliphatic heterocycles. The highest BCUT2D eigenvalue weighted by Gasteiger charge is 2.38. The molecule has 2 aromatic heterocycles. The second-order valence-electron chi connectivity index (χ2n) is 17.9. The largest absolute Gasteiger partial charge is 0.380 e. The quantitative estimate of drug-likeness (QED) is 0.0657. The number of piperazine rings is 1. The fourth-order valence-corrected chi connectivity index (χ4v) is 8.87. The minimum Gasteiger partial charge on any atom is -0.380 e. The second kappa shape index (κ2) is 22.3. The number of aromatic nitrogens is 3. The number of halogens is 1. The summed E-state index contributed by atoms with van der Waals surface area (Å²) in [6.45, 7) is 7.91. The third kappa shape index (κ3) is 12.1. The van der Waals surface area contributed by atoms with Crippen molar-refractivity contribution < 1.29 is 28.3 Å². The number of H-pyrrole nitrogens is 1. The minimum absolute atomic E-state index is 0.0439. The number of aromatic amines is 1. The standard InChI is InChI=1S/C53H58FN9O6/c1-3-36-9-7-11-39(25-36)40-28-46(59-47(64)31-56-29-38-10-6-8-35(2)24-38)49(58-30-40)51(67)57-19-17-53(33-69-34-53)16-18-55-32-48(65)62-20-22-63(23-21-62)52(68)43-26-37(14-15-44(43)54)27-45-41-12-4-5-13-42(41)50(66)61-60-45/h4-15,24-26,28,30,55-56H,3,16-23,27,29,31-34H2,1-2H3,(H,57,67)(H,59,64)(H,61,66). The van der Waals surface area contributed by atoms with Crippen molar-refractivity contribution in [1.82, 2.24) is 40.9 Å². The molecule has 4 heterocycles. The highest BCUT2D eigenvalue weighted by molar-refractivity contribution is 6.03. The molecule has 16 heteroatoms. The van der Waals surface area contributed by atoms with Crippen molar-refractivity contribution in [2.75, 3.05) is 70.9 Å². The molecule has 0 atom stereocenters. The van der Waals surface area contributed by atoms with E-state index in [1.807, 2.05) is 49.4 Å². The Kier molecular flexibility index (Phi) is 15.6. The lowest BCUT2D eigenvalue weighted by molar-refractivity contribution is -0.132. The van der Waals surface area contributed by atoms with Gasteiger partial charge in [0.05, 0.1) is 48.6 Å². The summed E-state index contributed by atoms with van der Waals surface area (Å²) in [6.07, 6.45) is 4.17. The van der Waals surface area contributed by atoms with Gasteiger partial charge in [-0.1, -0.05) is 85.3 Å². The number of amides is 4. The Morgan fingerprint density at radius 1 is 0.783 bits per heavy atom. The highest BCUT2D eigenvalue weighted by Crippen LogP contribution is 2.35. The Morgan fingerprint density at radius 3 is 2.30 bits per heavy atom. The summed E-state index contributed by atoms with van der Waals surface area (Å²) in [7, 11) is 0. The normalized spacial score (nSPS) is 14.3. The summed E-state index contributed by atoms with van der Waals surface area (Å²) >= 11 is 0. The van der Waals surface area contributed by atoms with Gasteiger partial charge in [0.2, 0.25) is 11.8 Å². The van der Waals surface area contributed by atoms with Crippen molar-refractivity contribution in [1.29, 1.82) is 0 Å². The predicted molar refractivity (Wildman–Crippen MR) is 262 cm³/mol. The zero-order valence-corrected chi connectivity index (χ0v) is 39.0. The summed E-state index contributed by atoms with van der Waals surface area (Å²) in [6, 6.07) is 29.5. The molecule has 2 saturated heterocycles. The van der Waals surface area contributed by atoms with Crippen molar-refractivity contribution in [3.63, 3.8) is 0 Å². The van der Waals surface area contributed by atoms with Gasteiger partial charge in [0.15, 0.2) is 5.69 Å². The van der Waals surface area contributed by atoms with Crippen LogP contribution in [0.3, 0.4) is 0 Å². The maximum absolute atomic E-state index is 15.1. The molecule has 2 fully saturated rings. The third-order valence-electron chi connectivity index (χ3n) is 12.9. The zero-order chi connectivity index (χ0) is 48.3. The summed E-state index contributed by atoms with van der Waals surface area (Å²) in [5, 5.41) is 20.3. The molecule has 2 aliphatic rings. The van der Waals surface area contributed by atoms with Crippen LogP contribution in [0.1, 0.15) is 68.6 Å². The van der Waals surface area contributed by atoms with Crippen molar-refractivity contribution >= 4 is 40.1 Å². The van der Waals surface area contributed by atoms with Crippen LogP contribution >= 0.6 is 0 Å². The van der Waals surface area contributed by atoms with E-state index in [4.69, 9.17) is 4.74 Å². The summed E-state index contributed by atoms with van der Waals surface area (Å²) in [4.78, 5) is 73.8. The minimum atomic E-state index is -0.632. The van der Waals surface area contributed by atoms with Crippen LogP contribution < -0.4 is 26.8 Å². The average Bonchev–Trinajstić information content (AvgIpc) is 3.35. The van der Waals surface area contributed by atoms with Gasteiger partial charge in [-0.2, -0.15) is 5.10 Å². The highest BCUT2D eigenvalue weighted by atomic mass is 19.1. The van der Waals surface area contributed by atoms with E-state index < -0.39 is 17.6 Å². The molecule has 0 spiro atoms. The van der Waals surface area contributed by atoms with Crippen LogP contribution in [0.25, 0.3) is 21.9 Å². The molecule has 6 aromatic rings. The SMILES string of the molecule is CCc1cccc(-c2cnc(C(=O)NCCC3(CCNCC(=O)N4CCN(C(=O)c5cc(Cc6n[nH]c(=O)c7ccccc67)ccc5F)CC4)COC3)c(NC(=O)CNCc3cccc(C)c3)c2)c1. The smallest absolute Gasteiger partial charge is 0.272 e. The monoisotopic (exact) mass is 935 g/mol. The van der Waals surface area contributed by atoms with E-state index in [1.165, 1.54) is 12.1 Å². The number of hydrogen-bond acceptors (Lipinski definition) is 10. The van der Waals surface area contributed by atoms with Gasteiger partial charge < -0.3 is 35.8 Å². The molecule has 69 heavy (non-hydrogen) atoms. The van der Waals surface area contributed by atoms with Gasteiger partial charge >= 0.3 is 0 Å². The van der Waals surface area contributed by atoms with E-state index in [1.54, 1.807) is 40.3 Å². The maximum atomic E-state index is 15.1. The topological polar surface area (TPSA) is 191 Å². The van der Waals surface area contributed by atoms with Crippen LogP contribution in [-0.2, 0) is 33.7 Å². The van der Waals surface area contributed by atoms with Gasteiger partial charge in [-0.05, 0) is 79.3 Å². The Morgan fingerprint density at radius 2 is 1.54 bits per heavy atom. The van der Waals surface area contributed by atoms with E-state index in [0.717, 1.165) is 40.7 Å². The van der Waals surface area contributed by atoms with Gasteiger partial charge in [0.25, 0.3) is 17.4 Å². The van der Waals surface area contributed by atoms with Crippen LogP contribution in [0.4, 0.5) is 10.1 Å². The number of fused-ring (bicyclic) bond motifs is 1. The molecule has 8 rings (SSSR count). The fourth-order valence-electron chi connectivity index (χ4n) is 8.87. The number of hydrogen-bond donors (Lipinski definition) is 5. The van der Waals surface area contributed by atoms with Crippen LogP contribution in [-0.4, -0.2) is 114 Å². The molecule has 4 amide bonds. The summed E-state index contributed by atoms with van der Waals surface area (Å²) < 4.78 is 20.7. The molecule has 5 N–H and O–H groups in total. The lowest BCUT2D eigenvalue weighted by Gasteiger charge is -2.42. The van der Waals surface area contributed by atoms with E-state index in [0.29, 0.717) is 80.1 Å². The number of aryl methyl sites for hydroxylation is 2. The number of nitrogens with zero attached hydrogens (tertiary/aromatic N) is 4. The molecule has 358 valence electrons. The summed E-state index contributed by atoms with van der Waals surface area (Å²) in [5.41, 5.74) is 6.26. The Hall–Kier alpha value is -7.14. The molecule has 4 aromatic carbocycles. The number of anilines is 1. The van der Waals surface area contributed by atoms with E-state index in [2.05, 4.69) is 61.6 Å². The summed E-state index contributed by atoms with van der Waals surface area (Å²) in [5.74, 6) is -1.87. The van der Waals surface area contributed by atoms with Crippen molar-refractivity contribution in [3.05, 3.63) is 159 Å². The number of carbonyl (C=O) groups excluding carboxylic acids is 4. The number of carbonyl (C=O) groups is 4. The van der Waals surface area contributed by atoms with Crippen LogP contribution in [0, 0.1) is 18.2 Å². The third-order valence-corrected chi connectivity index (χ3v) is 12.9. The Balaban J connectivity index is 0.794. The Bertz CT molecular complexity index is 2890. The van der Waals surface area contributed by atoms with Crippen LogP contribution in [0.15, 0.2) is 108 Å². The van der Waals surface area contributed by atoms with Gasteiger partial charge in [0, 0.05) is 68.3 Å². The molecular formula is C53H58FN9O6. The first-order chi connectivity index (χ1) is 33.5. The number of benzene rings is 4. The van der Waals surface area contributed by atoms with Crippen LogP contribution in [0.2, 0.25) is 0 Å². The van der Waals surface area contributed by atoms with Gasteiger partial charge in [-0.3, -0.25) is 24.0 Å². The Labute approximate surface area is 400 Å². The first-order valence-corrected chi connectivity index (χ1v) is 23.5. The number of pyridine rings is 1. The first-order valence-electron chi connectivity index (χ1n) is 23.5. The number of ether oxygens (including phenoxy) is 1. The van der Waals surface area contributed by atoms with Gasteiger partial charge in [0.1, 0.15) is 5.82 Å². The average molecular weight is 936 g/mol. The molecule has 15 nitrogen and oxygen atoms in total. The predicted octanol–water partition coefficient (Wildman–Crippen LogP) is 5.41. The first kappa shape index (κ1) is 48.3. The lowest BCUT2D eigenvalue weighted by atomic mass is 9.79. The van der Waals surface area contributed by atoms with Gasteiger partial charge in [-0.25, -0.2) is 14.5 Å². The van der Waals surface area contributed by atoms with Crippen LogP contribution in [0.5, 0.6) is 0 Å². The molecule has 0 bridgehead atoms. The van der Waals surface area contributed by atoms with Crippen molar-refractivity contribution in [3.8, 4) is 11.1 Å². The number of rotatable bonds is 19. The van der Waals surface area contributed by atoms with E-state index in [9.17, 15) is 24.0 Å². The van der Waals surface area contributed by atoms with E-state index >= 15 is 4.39 Å².